The minimum Gasteiger partial charge on any atom is -0.396 e. The van der Waals surface area contributed by atoms with Crippen LogP contribution in [0.1, 0.15) is 30.6 Å². The highest BCUT2D eigenvalue weighted by Gasteiger charge is 2.18. The molecule has 5 nitrogen and oxygen atoms in total. The summed E-state index contributed by atoms with van der Waals surface area (Å²) in [5.41, 5.74) is 0.234. The van der Waals surface area contributed by atoms with E-state index in [1.54, 1.807) is 24.3 Å². The van der Waals surface area contributed by atoms with Gasteiger partial charge in [-0.15, -0.1) is 0 Å². The van der Waals surface area contributed by atoms with Crippen LogP contribution >= 0.6 is 11.6 Å². The van der Waals surface area contributed by atoms with Crippen LogP contribution in [-0.4, -0.2) is 36.6 Å². The monoisotopic (exact) mass is 312 g/mol. The van der Waals surface area contributed by atoms with E-state index in [2.05, 4.69) is 10.6 Å². The van der Waals surface area contributed by atoms with Crippen LogP contribution < -0.4 is 10.6 Å². The highest BCUT2D eigenvalue weighted by Crippen LogP contribution is 2.17. The number of carbonyl (C=O) groups excluding carboxylic acids is 2. The van der Waals surface area contributed by atoms with E-state index in [0.717, 1.165) is 0 Å². The van der Waals surface area contributed by atoms with Crippen molar-refractivity contribution in [1.82, 2.24) is 10.6 Å². The number of amides is 2. The lowest BCUT2D eigenvalue weighted by atomic mass is 9.90. The molecule has 0 aliphatic heterocycles. The normalized spacial score (nSPS) is 11.0. The van der Waals surface area contributed by atoms with Crippen LogP contribution in [0.2, 0.25) is 5.02 Å². The molecule has 0 unspecified atom stereocenters. The Kier molecular flexibility index (Phi) is 6.65. The summed E-state index contributed by atoms with van der Waals surface area (Å²) >= 11 is 5.80. The smallest absolute Gasteiger partial charge is 0.251 e. The number of rotatable bonds is 7. The second-order valence-corrected chi connectivity index (χ2v) is 6.04. The Hall–Kier alpha value is -1.59. The molecule has 2 amide bonds. The molecule has 0 heterocycles. The average molecular weight is 313 g/mol. The first-order chi connectivity index (χ1) is 9.84. The fraction of sp³-hybridized carbons (Fsp3) is 0.467. The number of aliphatic hydroxyl groups is 1. The number of carbonyl (C=O) groups is 2. The van der Waals surface area contributed by atoms with Gasteiger partial charge < -0.3 is 15.7 Å². The standard InChI is InChI=1S/C15H21ClN2O3/c1-15(2,6-7-19)10-18-13(20)9-17-14(21)11-4-3-5-12(16)8-11/h3-5,8,19H,6-7,9-10H2,1-2H3,(H,17,21)(H,18,20). The Morgan fingerprint density at radius 2 is 2.00 bits per heavy atom. The zero-order valence-corrected chi connectivity index (χ0v) is 13.0. The topological polar surface area (TPSA) is 78.4 Å². The molecule has 1 rings (SSSR count). The van der Waals surface area contributed by atoms with E-state index < -0.39 is 0 Å². The molecule has 116 valence electrons. The lowest BCUT2D eigenvalue weighted by Crippen LogP contribution is -2.41. The number of aliphatic hydroxyl groups excluding tert-OH is 1. The third kappa shape index (κ3) is 6.60. The molecule has 0 atom stereocenters. The van der Waals surface area contributed by atoms with Crippen LogP contribution in [0.5, 0.6) is 0 Å². The van der Waals surface area contributed by atoms with Gasteiger partial charge in [0.05, 0.1) is 6.54 Å². The second-order valence-electron chi connectivity index (χ2n) is 5.61. The van der Waals surface area contributed by atoms with Gasteiger partial charge in [0.1, 0.15) is 0 Å². The molecular formula is C15H21ClN2O3. The molecule has 0 spiro atoms. The van der Waals surface area contributed by atoms with E-state index in [4.69, 9.17) is 16.7 Å². The molecule has 3 N–H and O–H groups in total. The minimum atomic E-state index is -0.345. The Morgan fingerprint density at radius 1 is 1.29 bits per heavy atom. The minimum absolute atomic E-state index is 0.0778. The summed E-state index contributed by atoms with van der Waals surface area (Å²) in [7, 11) is 0. The molecule has 0 aliphatic rings. The summed E-state index contributed by atoms with van der Waals surface area (Å²) in [5, 5.41) is 14.7. The molecule has 1 aromatic carbocycles. The highest BCUT2D eigenvalue weighted by molar-refractivity contribution is 6.30. The quantitative estimate of drug-likeness (QED) is 0.715. The van der Waals surface area contributed by atoms with E-state index >= 15 is 0 Å². The molecule has 0 aliphatic carbocycles. The maximum atomic E-state index is 11.8. The number of halogens is 1. The molecular weight excluding hydrogens is 292 g/mol. The summed E-state index contributed by atoms with van der Waals surface area (Å²) in [6, 6.07) is 6.52. The summed E-state index contributed by atoms with van der Waals surface area (Å²) in [6.07, 6.45) is 0.599. The van der Waals surface area contributed by atoms with Gasteiger partial charge in [-0.2, -0.15) is 0 Å². The molecule has 6 heteroatoms. The third-order valence-electron chi connectivity index (χ3n) is 3.05. The Bertz CT molecular complexity index is 503. The SMILES string of the molecule is CC(C)(CCO)CNC(=O)CNC(=O)c1cccc(Cl)c1. The fourth-order valence-corrected chi connectivity index (χ4v) is 1.87. The van der Waals surface area contributed by atoms with E-state index in [0.29, 0.717) is 23.6 Å². The van der Waals surface area contributed by atoms with Gasteiger partial charge in [0, 0.05) is 23.7 Å². The first-order valence-electron chi connectivity index (χ1n) is 6.75. The number of nitrogens with one attached hydrogen (secondary N) is 2. The summed E-state index contributed by atoms with van der Waals surface area (Å²) in [6.45, 7) is 4.33. The van der Waals surface area contributed by atoms with Crippen molar-refractivity contribution < 1.29 is 14.7 Å². The predicted octanol–water partition coefficient (Wildman–Crippen LogP) is 1.59. The van der Waals surface area contributed by atoms with Crippen LogP contribution in [-0.2, 0) is 4.79 Å². The van der Waals surface area contributed by atoms with Crippen molar-refractivity contribution in [1.29, 1.82) is 0 Å². The van der Waals surface area contributed by atoms with Crippen LogP contribution in [0.3, 0.4) is 0 Å². The predicted molar refractivity (Wildman–Crippen MR) is 82.3 cm³/mol. The fourth-order valence-electron chi connectivity index (χ4n) is 1.68. The zero-order valence-electron chi connectivity index (χ0n) is 12.3. The van der Waals surface area contributed by atoms with Gasteiger partial charge in [0.25, 0.3) is 5.91 Å². The van der Waals surface area contributed by atoms with Crippen LogP contribution in [0, 0.1) is 5.41 Å². The maximum Gasteiger partial charge on any atom is 0.251 e. The molecule has 0 saturated carbocycles. The van der Waals surface area contributed by atoms with Gasteiger partial charge in [-0.1, -0.05) is 31.5 Å². The van der Waals surface area contributed by atoms with Gasteiger partial charge in [-0.25, -0.2) is 0 Å². The Labute approximate surface area is 129 Å². The molecule has 0 saturated heterocycles. The number of hydrogen-bond donors (Lipinski definition) is 3. The first kappa shape index (κ1) is 17.5. The van der Waals surface area contributed by atoms with Crippen molar-refractivity contribution in [2.45, 2.75) is 20.3 Å². The van der Waals surface area contributed by atoms with E-state index in [-0.39, 0.29) is 30.4 Å². The van der Waals surface area contributed by atoms with Gasteiger partial charge >= 0.3 is 0 Å². The molecule has 0 fully saturated rings. The van der Waals surface area contributed by atoms with Crippen molar-refractivity contribution in [2.24, 2.45) is 5.41 Å². The van der Waals surface area contributed by atoms with Crippen molar-refractivity contribution >= 4 is 23.4 Å². The molecule has 0 bridgehead atoms. The Balaban J connectivity index is 2.38. The van der Waals surface area contributed by atoms with Gasteiger partial charge in [-0.05, 0) is 30.0 Å². The van der Waals surface area contributed by atoms with Gasteiger partial charge in [0.15, 0.2) is 0 Å². The van der Waals surface area contributed by atoms with Crippen LogP contribution in [0.25, 0.3) is 0 Å². The number of hydrogen-bond acceptors (Lipinski definition) is 3. The second kappa shape index (κ2) is 8.00. The molecule has 0 radical (unpaired) electrons. The first-order valence-corrected chi connectivity index (χ1v) is 7.13. The van der Waals surface area contributed by atoms with Crippen molar-refractivity contribution in [3.8, 4) is 0 Å². The molecule has 1 aromatic rings. The average Bonchev–Trinajstić information content (AvgIpc) is 2.42. The third-order valence-corrected chi connectivity index (χ3v) is 3.28. The zero-order chi connectivity index (χ0) is 15.9. The van der Waals surface area contributed by atoms with E-state index in [1.165, 1.54) is 0 Å². The van der Waals surface area contributed by atoms with Crippen LogP contribution in [0.4, 0.5) is 0 Å². The van der Waals surface area contributed by atoms with Crippen molar-refractivity contribution in [3.63, 3.8) is 0 Å². The Morgan fingerprint density at radius 3 is 2.62 bits per heavy atom. The van der Waals surface area contributed by atoms with E-state index in [9.17, 15) is 9.59 Å². The largest absolute Gasteiger partial charge is 0.396 e. The van der Waals surface area contributed by atoms with E-state index in [1.807, 2.05) is 13.8 Å². The molecule has 21 heavy (non-hydrogen) atoms. The maximum absolute atomic E-state index is 11.8. The molecule has 0 aromatic heterocycles. The van der Waals surface area contributed by atoms with Gasteiger partial charge in [-0.3, -0.25) is 9.59 Å². The van der Waals surface area contributed by atoms with Gasteiger partial charge in [0.2, 0.25) is 5.91 Å². The summed E-state index contributed by atoms with van der Waals surface area (Å²) in [5.74, 6) is -0.612. The summed E-state index contributed by atoms with van der Waals surface area (Å²) < 4.78 is 0. The van der Waals surface area contributed by atoms with Crippen LogP contribution in [0.15, 0.2) is 24.3 Å². The van der Waals surface area contributed by atoms with Crippen molar-refractivity contribution in [2.75, 3.05) is 19.7 Å². The lowest BCUT2D eigenvalue weighted by Gasteiger charge is -2.23. The lowest BCUT2D eigenvalue weighted by molar-refractivity contribution is -0.120. The highest BCUT2D eigenvalue weighted by atomic mass is 35.5. The van der Waals surface area contributed by atoms with Crippen molar-refractivity contribution in [3.05, 3.63) is 34.9 Å². The number of benzene rings is 1. The summed E-state index contributed by atoms with van der Waals surface area (Å²) in [4.78, 5) is 23.5.